The van der Waals surface area contributed by atoms with Gasteiger partial charge in [-0.3, -0.25) is 9.59 Å². The number of nitrogens with one attached hydrogen (secondary N) is 1. The average molecular weight is 425 g/mol. The fourth-order valence-electron chi connectivity index (χ4n) is 1.53. The Bertz CT molecular complexity index is 696. The van der Waals surface area contributed by atoms with Gasteiger partial charge in [-0.2, -0.15) is 5.10 Å². The minimum absolute atomic E-state index is 0.242. The minimum Gasteiger partial charge on any atom is -0.481 e. The molecule has 1 aliphatic heterocycles. The van der Waals surface area contributed by atoms with E-state index in [0.717, 1.165) is 11.8 Å². The summed E-state index contributed by atoms with van der Waals surface area (Å²) in [7, 11) is 0. The Labute approximate surface area is 148 Å². The van der Waals surface area contributed by atoms with E-state index < -0.39 is 17.1 Å². The normalized spacial score (nSPS) is 19.9. The molecule has 10 heteroatoms. The number of carboxylic acids is 1. The molecule has 1 unspecified atom stereocenters. The second-order valence-corrected chi connectivity index (χ2v) is 6.99. The van der Waals surface area contributed by atoms with Crippen LogP contribution in [0.2, 0.25) is 10.0 Å². The third-order valence-electron chi connectivity index (χ3n) is 2.52. The Morgan fingerprint density at radius 2 is 2.18 bits per heavy atom. The Hall–Kier alpha value is -1.09. The number of halogens is 3. The number of amides is 1. The lowest BCUT2D eigenvalue weighted by atomic mass is 10.2. The zero-order valence-corrected chi connectivity index (χ0v) is 14.6. The molecule has 1 aromatic rings. The van der Waals surface area contributed by atoms with E-state index >= 15 is 0 Å². The van der Waals surface area contributed by atoms with Gasteiger partial charge in [0, 0.05) is 10.0 Å². The topological polar surface area (TPSA) is 91.1 Å². The van der Waals surface area contributed by atoms with Crippen molar-refractivity contribution in [3.63, 3.8) is 0 Å². The van der Waals surface area contributed by atoms with Gasteiger partial charge in [0.15, 0.2) is 5.17 Å². The van der Waals surface area contributed by atoms with E-state index in [1.807, 2.05) is 0 Å². The molecule has 1 atom stereocenters. The van der Waals surface area contributed by atoms with Gasteiger partial charge >= 0.3 is 5.97 Å². The third kappa shape index (κ3) is 4.45. The van der Waals surface area contributed by atoms with Crippen LogP contribution in [0, 0.1) is 0 Å². The SMILES string of the molecule is O=C(O)CC1SC(=NN=Cc2cc(Cl)c(Br)cc2Cl)NC1=O. The molecule has 0 aliphatic carbocycles. The first kappa shape index (κ1) is 17.3. The van der Waals surface area contributed by atoms with E-state index in [1.165, 1.54) is 6.21 Å². The summed E-state index contributed by atoms with van der Waals surface area (Å²) in [6.07, 6.45) is 1.12. The number of aliphatic carboxylic acids is 1. The number of carbonyl (C=O) groups excluding carboxylic acids is 1. The summed E-state index contributed by atoms with van der Waals surface area (Å²) >= 11 is 16.3. The summed E-state index contributed by atoms with van der Waals surface area (Å²) < 4.78 is 0.665. The first-order valence-electron chi connectivity index (χ1n) is 5.81. The van der Waals surface area contributed by atoms with Gasteiger partial charge in [0.1, 0.15) is 5.25 Å². The van der Waals surface area contributed by atoms with Crippen LogP contribution in [-0.4, -0.2) is 33.6 Å². The Balaban J connectivity index is 2.08. The molecule has 1 amide bonds. The van der Waals surface area contributed by atoms with Crippen molar-refractivity contribution < 1.29 is 14.7 Å². The molecule has 1 aliphatic rings. The van der Waals surface area contributed by atoms with Crippen molar-refractivity contribution in [1.29, 1.82) is 0 Å². The fraction of sp³-hybridized carbons (Fsp3) is 0.167. The molecule has 0 aromatic heterocycles. The van der Waals surface area contributed by atoms with Gasteiger partial charge in [-0.15, -0.1) is 5.10 Å². The maximum absolute atomic E-state index is 11.5. The summed E-state index contributed by atoms with van der Waals surface area (Å²) in [4.78, 5) is 22.1. The molecule has 1 fully saturated rings. The molecule has 116 valence electrons. The molecule has 0 spiro atoms. The molecule has 1 aromatic carbocycles. The first-order chi connectivity index (χ1) is 10.4. The lowest BCUT2D eigenvalue weighted by molar-refractivity contribution is -0.138. The van der Waals surface area contributed by atoms with Crippen molar-refractivity contribution in [2.45, 2.75) is 11.7 Å². The van der Waals surface area contributed by atoms with Gasteiger partial charge in [-0.05, 0) is 28.1 Å². The van der Waals surface area contributed by atoms with Crippen molar-refractivity contribution in [2.24, 2.45) is 10.2 Å². The first-order valence-corrected chi connectivity index (χ1v) is 8.24. The van der Waals surface area contributed by atoms with Gasteiger partial charge in [0.05, 0.1) is 22.7 Å². The van der Waals surface area contributed by atoms with Crippen LogP contribution in [0.25, 0.3) is 0 Å². The number of carbonyl (C=O) groups is 2. The molecule has 0 bridgehead atoms. The second-order valence-electron chi connectivity index (χ2n) is 4.13. The Morgan fingerprint density at radius 1 is 1.45 bits per heavy atom. The van der Waals surface area contributed by atoms with Crippen LogP contribution >= 0.6 is 50.9 Å². The van der Waals surface area contributed by atoms with Gasteiger partial charge in [-0.25, -0.2) is 0 Å². The number of carboxylic acid groups (broad SMARTS) is 1. The van der Waals surface area contributed by atoms with Gasteiger partial charge in [0.2, 0.25) is 5.91 Å². The zero-order chi connectivity index (χ0) is 16.3. The van der Waals surface area contributed by atoms with Crippen molar-refractivity contribution >= 4 is 74.2 Å². The van der Waals surface area contributed by atoms with Crippen molar-refractivity contribution in [2.75, 3.05) is 0 Å². The monoisotopic (exact) mass is 423 g/mol. The molecule has 6 nitrogen and oxygen atoms in total. The summed E-state index contributed by atoms with van der Waals surface area (Å²) in [6.45, 7) is 0. The molecule has 0 radical (unpaired) electrons. The maximum Gasteiger partial charge on any atom is 0.305 e. The van der Waals surface area contributed by atoms with Crippen LogP contribution in [0.5, 0.6) is 0 Å². The Morgan fingerprint density at radius 3 is 2.86 bits per heavy atom. The number of hydrogen-bond acceptors (Lipinski definition) is 5. The summed E-state index contributed by atoms with van der Waals surface area (Å²) in [6, 6.07) is 3.25. The Kier molecular flexibility index (Phi) is 5.85. The highest BCUT2D eigenvalue weighted by Gasteiger charge is 2.32. The van der Waals surface area contributed by atoms with Crippen LogP contribution in [0.15, 0.2) is 26.8 Å². The molecule has 22 heavy (non-hydrogen) atoms. The number of rotatable bonds is 4. The van der Waals surface area contributed by atoms with Crippen LogP contribution in [0.4, 0.5) is 0 Å². The van der Waals surface area contributed by atoms with Gasteiger partial charge in [0.25, 0.3) is 0 Å². The number of thioether (sulfide) groups is 1. The smallest absolute Gasteiger partial charge is 0.305 e. The molecule has 0 saturated carbocycles. The maximum atomic E-state index is 11.5. The molecule has 2 N–H and O–H groups in total. The van der Waals surface area contributed by atoms with E-state index in [1.54, 1.807) is 12.1 Å². The number of benzene rings is 1. The van der Waals surface area contributed by atoms with E-state index in [0.29, 0.717) is 20.1 Å². The predicted octanol–water partition coefficient (Wildman–Crippen LogP) is 3.15. The highest BCUT2D eigenvalue weighted by Crippen LogP contribution is 2.28. The zero-order valence-electron chi connectivity index (χ0n) is 10.7. The minimum atomic E-state index is -1.05. The summed E-state index contributed by atoms with van der Waals surface area (Å²) in [5.74, 6) is -1.44. The number of hydrogen-bond donors (Lipinski definition) is 2. The van der Waals surface area contributed by atoms with E-state index in [-0.39, 0.29) is 11.6 Å². The second kappa shape index (κ2) is 7.45. The standard InChI is InChI=1S/C12H8BrCl2N3O3S/c13-6-2-7(14)5(1-8(6)15)4-16-18-12-17-11(21)9(22-12)3-10(19)20/h1-2,4,9H,3H2,(H,19,20)(H,17,18,21). The quantitative estimate of drug-likeness (QED) is 0.441. The van der Waals surface area contributed by atoms with Crippen molar-refractivity contribution in [1.82, 2.24) is 5.32 Å². The highest BCUT2D eigenvalue weighted by molar-refractivity contribution is 9.10. The lowest BCUT2D eigenvalue weighted by Crippen LogP contribution is -2.26. The van der Waals surface area contributed by atoms with Crippen molar-refractivity contribution in [3.8, 4) is 0 Å². The molecule has 1 saturated heterocycles. The highest BCUT2D eigenvalue weighted by atomic mass is 79.9. The largest absolute Gasteiger partial charge is 0.481 e. The third-order valence-corrected chi connectivity index (χ3v) is 5.12. The van der Waals surface area contributed by atoms with Crippen LogP contribution < -0.4 is 5.32 Å². The van der Waals surface area contributed by atoms with Crippen LogP contribution in [0.1, 0.15) is 12.0 Å². The van der Waals surface area contributed by atoms with E-state index in [9.17, 15) is 9.59 Å². The summed E-state index contributed by atoms with van der Waals surface area (Å²) in [5.41, 5.74) is 0.565. The van der Waals surface area contributed by atoms with Crippen LogP contribution in [-0.2, 0) is 9.59 Å². The van der Waals surface area contributed by atoms with Gasteiger partial charge in [-0.1, -0.05) is 35.0 Å². The summed E-state index contributed by atoms with van der Waals surface area (Å²) in [5, 5.41) is 19.3. The van der Waals surface area contributed by atoms with Crippen molar-refractivity contribution in [3.05, 3.63) is 32.2 Å². The van der Waals surface area contributed by atoms with E-state index in [2.05, 4.69) is 31.4 Å². The molecular weight excluding hydrogens is 417 g/mol. The molecular formula is C12H8BrCl2N3O3S. The molecule has 2 rings (SSSR count). The average Bonchev–Trinajstić information content (AvgIpc) is 2.75. The van der Waals surface area contributed by atoms with Gasteiger partial charge < -0.3 is 10.4 Å². The molecule has 1 heterocycles. The number of amidine groups is 1. The predicted molar refractivity (Wildman–Crippen MR) is 91.0 cm³/mol. The fourth-order valence-corrected chi connectivity index (χ4v) is 3.30. The van der Waals surface area contributed by atoms with E-state index in [4.69, 9.17) is 28.3 Å². The number of nitrogens with zero attached hydrogens (tertiary/aromatic N) is 2. The lowest BCUT2D eigenvalue weighted by Gasteiger charge is -2.00. The van der Waals surface area contributed by atoms with Crippen LogP contribution in [0.3, 0.4) is 0 Å².